The molecule has 0 bridgehead atoms. The second-order valence-corrected chi connectivity index (χ2v) is 7.70. The van der Waals surface area contributed by atoms with E-state index in [0.717, 1.165) is 10.1 Å². The van der Waals surface area contributed by atoms with Gasteiger partial charge in [-0.3, -0.25) is 9.36 Å². The number of alkyl halides is 3. The number of aromatic nitrogens is 3. The Morgan fingerprint density at radius 1 is 1.22 bits per heavy atom. The molecule has 1 aliphatic heterocycles. The number of aryl methyl sites for hydroxylation is 1. The van der Waals surface area contributed by atoms with E-state index in [9.17, 15) is 23.1 Å². The monoisotopic (exact) mass is 467 g/mol. The molecule has 7 nitrogen and oxygen atoms in total. The van der Waals surface area contributed by atoms with Gasteiger partial charge in [-0.05, 0) is 36.8 Å². The van der Waals surface area contributed by atoms with Crippen molar-refractivity contribution in [3.63, 3.8) is 0 Å². The van der Waals surface area contributed by atoms with Crippen LogP contribution in [0.5, 0.6) is 5.75 Å². The summed E-state index contributed by atoms with van der Waals surface area (Å²) < 4.78 is 53.7. The van der Waals surface area contributed by atoms with Gasteiger partial charge in [0.25, 0.3) is 0 Å². The van der Waals surface area contributed by atoms with Crippen LogP contribution in [0.4, 0.5) is 13.2 Å². The number of carbonyl (C=O) groups is 1. The normalized spacial score (nSPS) is 17.9. The molecule has 0 fully saturated rings. The van der Waals surface area contributed by atoms with Gasteiger partial charge in [0.15, 0.2) is 5.82 Å². The number of rotatable bonds is 4. The van der Waals surface area contributed by atoms with E-state index in [4.69, 9.17) is 21.1 Å². The van der Waals surface area contributed by atoms with Crippen molar-refractivity contribution >= 4 is 17.6 Å². The number of carboxylic acids is 1. The molecule has 2 atom stereocenters. The summed E-state index contributed by atoms with van der Waals surface area (Å²) in [5, 5.41) is 16.6. The van der Waals surface area contributed by atoms with E-state index >= 15 is 0 Å². The van der Waals surface area contributed by atoms with Gasteiger partial charge in [-0.15, -0.1) is 10.2 Å². The van der Waals surface area contributed by atoms with Crippen molar-refractivity contribution in [3.05, 3.63) is 69.8 Å². The van der Waals surface area contributed by atoms with Crippen molar-refractivity contribution in [3.8, 4) is 11.4 Å². The van der Waals surface area contributed by atoms with Crippen LogP contribution in [-0.4, -0.2) is 33.0 Å². The third-order valence-corrected chi connectivity index (χ3v) is 5.31. The molecule has 0 spiro atoms. The minimum absolute atomic E-state index is 0.0854. The van der Waals surface area contributed by atoms with Crippen molar-refractivity contribution < 1.29 is 32.5 Å². The van der Waals surface area contributed by atoms with Crippen LogP contribution < -0.4 is 4.74 Å². The molecule has 1 aliphatic rings. The van der Waals surface area contributed by atoms with Crippen LogP contribution in [0.1, 0.15) is 47.0 Å². The molecule has 4 rings (SSSR count). The molecule has 0 aliphatic carbocycles. The fourth-order valence-electron chi connectivity index (χ4n) is 3.74. The predicted molar refractivity (Wildman–Crippen MR) is 107 cm³/mol. The summed E-state index contributed by atoms with van der Waals surface area (Å²) in [5.74, 6) is -2.39. The summed E-state index contributed by atoms with van der Waals surface area (Å²) in [6.07, 6.45) is -7.76. The van der Waals surface area contributed by atoms with Gasteiger partial charge in [0.1, 0.15) is 18.0 Å². The van der Waals surface area contributed by atoms with E-state index in [1.807, 2.05) is 6.92 Å². The van der Waals surface area contributed by atoms with Gasteiger partial charge in [-0.25, -0.2) is 0 Å². The van der Waals surface area contributed by atoms with Gasteiger partial charge in [-0.1, -0.05) is 23.7 Å². The third kappa shape index (κ3) is 3.91. The molecule has 1 aromatic heterocycles. The highest BCUT2D eigenvalue weighted by Gasteiger charge is 2.43. The van der Waals surface area contributed by atoms with Crippen LogP contribution in [0.2, 0.25) is 5.02 Å². The summed E-state index contributed by atoms with van der Waals surface area (Å²) in [6, 6.07) is 9.59. The first-order valence-corrected chi connectivity index (χ1v) is 9.82. The lowest BCUT2D eigenvalue weighted by Crippen LogP contribution is -2.17. The quantitative estimate of drug-likeness (QED) is 0.588. The molecule has 0 saturated heterocycles. The number of halogens is 4. The first kappa shape index (κ1) is 22.1. The van der Waals surface area contributed by atoms with Crippen LogP contribution in [0, 0.1) is 6.92 Å². The Balaban J connectivity index is 2.03. The summed E-state index contributed by atoms with van der Waals surface area (Å²) in [5.41, 5.74) is 1.77. The SMILES string of the molecule is COc1cc(C)ccc1[C@@H]1O[C@@H](CC(=O)O)c2nnc(C(F)(F)F)n2-c2ccc(Cl)cc21. The lowest BCUT2D eigenvalue weighted by molar-refractivity contribution is -0.146. The molecule has 3 aromatic rings. The smallest absolute Gasteiger partial charge is 0.452 e. The highest BCUT2D eigenvalue weighted by atomic mass is 35.5. The van der Waals surface area contributed by atoms with E-state index in [1.165, 1.54) is 25.3 Å². The van der Waals surface area contributed by atoms with Crippen molar-refractivity contribution in [2.24, 2.45) is 0 Å². The molecule has 11 heteroatoms. The second kappa shape index (κ2) is 8.10. The molecule has 1 N–H and O–H groups in total. The molecule has 0 amide bonds. The van der Waals surface area contributed by atoms with Crippen LogP contribution >= 0.6 is 11.6 Å². The maximum atomic E-state index is 13.8. The zero-order valence-electron chi connectivity index (χ0n) is 16.9. The number of benzene rings is 2. The Morgan fingerprint density at radius 2 is 1.97 bits per heavy atom. The number of methoxy groups -OCH3 is 1. The molecular weight excluding hydrogens is 451 g/mol. The van der Waals surface area contributed by atoms with E-state index < -0.39 is 36.6 Å². The van der Waals surface area contributed by atoms with Gasteiger partial charge in [0.05, 0.1) is 19.2 Å². The van der Waals surface area contributed by atoms with Gasteiger partial charge in [0.2, 0.25) is 5.82 Å². The number of carboxylic acid groups (broad SMARTS) is 1. The number of hydrogen-bond acceptors (Lipinski definition) is 5. The summed E-state index contributed by atoms with van der Waals surface area (Å²) in [7, 11) is 1.46. The van der Waals surface area contributed by atoms with E-state index in [-0.39, 0.29) is 16.5 Å². The average molecular weight is 468 g/mol. The summed E-state index contributed by atoms with van der Waals surface area (Å²) in [4.78, 5) is 11.5. The molecule has 32 heavy (non-hydrogen) atoms. The number of ether oxygens (including phenoxy) is 2. The maximum absolute atomic E-state index is 13.8. The second-order valence-electron chi connectivity index (χ2n) is 7.27. The lowest BCUT2D eigenvalue weighted by atomic mass is 9.97. The first-order valence-electron chi connectivity index (χ1n) is 9.44. The van der Waals surface area contributed by atoms with Crippen LogP contribution in [0.15, 0.2) is 36.4 Å². The van der Waals surface area contributed by atoms with E-state index in [1.54, 1.807) is 18.2 Å². The van der Waals surface area contributed by atoms with Crippen LogP contribution in [-0.2, 0) is 15.7 Å². The Labute approximate surface area is 185 Å². The topological polar surface area (TPSA) is 86.5 Å². The summed E-state index contributed by atoms with van der Waals surface area (Å²) >= 11 is 6.19. The fraction of sp³-hybridized carbons (Fsp3) is 0.286. The minimum atomic E-state index is -4.84. The molecule has 0 unspecified atom stereocenters. The zero-order chi connectivity index (χ0) is 23.2. The largest absolute Gasteiger partial charge is 0.496 e. The highest BCUT2D eigenvalue weighted by Crippen LogP contribution is 2.45. The van der Waals surface area contributed by atoms with Crippen LogP contribution in [0.25, 0.3) is 5.69 Å². The first-order chi connectivity index (χ1) is 15.1. The standard InChI is InChI=1S/C21H17ClF3N3O4/c1-10-3-5-12(15(7-10)31-2)18-13-8-11(22)4-6-14(13)28-19(16(32-18)9-17(29)30)26-27-20(28)21(23,24)25/h3-8,16,18H,9H2,1-2H3,(H,29,30)/t16-,18-/m0/s1. The predicted octanol–water partition coefficient (Wildman–Crippen LogP) is 4.89. The Morgan fingerprint density at radius 3 is 2.62 bits per heavy atom. The molecular formula is C21H17ClF3N3O4. The van der Waals surface area contributed by atoms with Gasteiger partial charge in [0, 0.05) is 16.1 Å². The number of nitrogens with zero attached hydrogens (tertiary/aromatic N) is 3. The number of aliphatic carboxylic acids is 1. The van der Waals surface area contributed by atoms with Crippen molar-refractivity contribution in [1.82, 2.24) is 14.8 Å². The molecule has 2 heterocycles. The van der Waals surface area contributed by atoms with E-state index in [2.05, 4.69) is 10.2 Å². The number of fused-ring (bicyclic) bond motifs is 3. The highest BCUT2D eigenvalue weighted by molar-refractivity contribution is 6.30. The van der Waals surface area contributed by atoms with Crippen molar-refractivity contribution in [1.29, 1.82) is 0 Å². The fourth-order valence-corrected chi connectivity index (χ4v) is 3.92. The molecule has 168 valence electrons. The van der Waals surface area contributed by atoms with E-state index in [0.29, 0.717) is 16.9 Å². The molecule has 0 saturated carbocycles. The number of hydrogen-bond donors (Lipinski definition) is 1. The van der Waals surface area contributed by atoms with Gasteiger partial charge in [-0.2, -0.15) is 13.2 Å². The van der Waals surface area contributed by atoms with Crippen molar-refractivity contribution in [2.45, 2.75) is 31.7 Å². The Bertz CT molecular complexity index is 1200. The summed E-state index contributed by atoms with van der Waals surface area (Å²) in [6.45, 7) is 1.86. The lowest BCUT2D eigenvalue weighted by Gasteiger charge is -2.24. The van der Waals surface area contributed by atoms with Crippen LogP contribution in [0.3, 0.4) is 0 Å². The zero-order valence-corrected chi connectivity index (χ0v) is 17.6. The third-order valence-electron chi connectivity index (χ3n) is 5.07. The molecule has 2 aromatic carbocycles. The Kier molecular flexibility index (Phi) is 5.59. The van der Waals surface area contributed by atoms with Crippen molar-refractivity contribution in [2.75, 3.05) is 7.11 Å². The van der Waals surface area contributed by atoms with Gasteiger partial charge >= 0.3 is 12.1 Å². The molecule has 0 radical (unpaired) electrons. The maximum Gasteiger partial charge on any atom is 0.452 e. The minimum Gasteiger partial charge on any atom is -0.496 e. The van der Waals surface area contributed by atoms with Gasteiger partial charge < -0.3 is 14.6 Å². The average Bonchev–Trinajstić information content (AvgIpc) is 3.12. The Hall–Kier alpha value is -3.11.